The molecule has 2 heteroatoms. The molecule has 0 heterocycles. The SMILES string of the molecule is CCC(C(C)=O)c1cccc2c1Cc1ccccc1-2.[Ti]. The van der Waals surface area contributed by atoms with Crippen molar-refractivity contribution < 1.29 is 26.5 Å². The molecule has 1 nitrogen and oxygen atoms in total. The molecule has 2 aromatic rings. The monoisotopic (exact) mass is 298 g/mol. The Morgan fingerprint density at radius 1 is 1.10 bits per heavy atom. The molecule has 1 aliphatic rings. The van der Waals surface area contributed by atoms with Crippen LogP contribution in [0.15, 0.2) is 42.5 Å². The van der Waals surface area contributed by atoms with E-state index >= 15 is 0 Å². The molecular weight excluding hydrogens is 280 g/mol. The second-order valence-corrected chi connectivity index (χ2v) is 5.28. The van der Waals surface area contributed by atoms with Crippen molar-refractivity contribution in [3.8, 4) is 11.1 Å². The number of carbonyl (C=O) groups excluding carboxylic acids is 1. The van der Waals surface area contributed by atoms with Crippen molar-refractivity contribution in [2.75, 3.05) is 0 Å². The minimum atomic E-state index is 0. The van der Waals surface area contributed by atoms with Crippen LogP contribution in [0.5, 0.6) is 0 Å². The fourth-order valence-electron chi connectivity index (χ4n) is 3.23. The molecule has 1 atom stereocenters. The Labute approximate surface area is 135 Å². The molecule has 2 aromatic carbocycles. The minimum Gasteiger partial charge on any atom is -0.299 e. The van der Waals surface area contributed by atoms with Gasteiger partial charge in [-0.05, 0) is 47.6 Å². The number of fused-ring (bicyclic) bond motifs is 3. The molecule has 0 N–H and O–H groups in total. The number of hydrogen-bond donors (Lipinski definition) is 0. The summed E-state index contributed by atoms with van der Waals surface area (Å²) in [5.74, 6) is 0.316. The van der Waals surface area contributed by atoms with Gasteiger partial charge < -0.3 is 0 Å². The van der Waals surface area contributed by atoms with Gasteiger partial charge in [-0.1, -0.05) is 49.4 Å². The Balaban J connectivity index is 0.00000147. The molecule has 0 radical (unpaired) electrons. The van der Waals surface area contributed by atoms with Crippen molar-refractivity contribution >= 4 is 5.78 Å². The van der Waals surface area contributed by atoms with Crippen molar-refractivity contribution in [1.29, 1.82) is 0 Å². The first-order chi connectivity index (χ1) is 9.22. The average molecular weight is 298 g/mol. The topological polar surface area (TPSA) is 17.1 Å². The van der Waals surface area contributed by atoms with E-state index in [4.69, 9.17) is 0 Å². The van der Waals surface area contributed by atoms with E-state index in [1.54, 1.807) is 6.92 Å². The predicted octanol–water partition coefficient (Wildman–Crippen LogP) is 4.34. The number of Topliss-reactive ketones (excluding diaryl/α,β-unsaturated/α-hetero) is 1. The smallest absolute Gasteiger partial charge is 0.137 e. The van der Waals surface area contributed by atoms with Gasteiger partial charge in [0.2, 0.25) is 0 Å². The zero-order chi connectivity index (χ0) is 13.4. The van der Waals surface area contributed by atoms with Gasteiger partial charge in [-0.2, -0.15) is 0 Å². The predicted molar refractivity (Wildman–Crippen MR) is 78.4 cm³/mol. The molecule has 3 rings (SSSR count). The van der Waals surface area contributed by atoms with Gasteiger partial charge in [-0.25, -0.2) is 0 Å². The number of carbonyl (C=O) groups is 1. The van der Waals surface area contributed by atoms with E-state index in [1.807, 2.05) is 0 Å². The van der Waals surface area contributed by atoms with Gasteiger partial charge >= 0.3 is 0 Å². The van der Waals surface area contributed by atoms with Crippen LogP contribution in [0.25, 0.3) is 11.1 Å². The molecule has 0 aliphatic heterocycles. The van der Waals surface area contributed by atoms with E-state index in [-0.39, 0.29) is 33.4 Å². The Hall–Kier alpha value is -1.18. The summed E-state index contributed by atoms with van der Waals surface area (Å²) in [7, 11) is 0. The van der Waals surface area contributed by atoms with E-state index in [0.29, 0.717) is 0 Å². The quantitative estimate of drug-likeness (QED) is 0.657. The zero-order valence-electron chi connectivity index (χ0n) is 11.9. The first-order valence-corrected chi connectivity index (χ1v) is 6.93. The maximum atomic E-state index is 11.8. The number of ketones is 1. The van der Waals surface area contributed by atoms with Crippen LogP contribution in [0.4, 0.5) is 0 Å². The third-order valence-electron chi connectivity index (χ3n) is 4.16. The van der Waals surface area contributed by atoms with E-state index in [9.17, 15) is 4.79 Å². The summed E-state index contributed by atoms with van der Waals surface area (Å²) in [6.07, 6.45) is 1.84. The van der Waals surface area contributed by atoms with Crippen LogP contribution in [0.1, 0.15) is 42.9 Å². The number of benzene rings is 2. The van der Waals surface area contributed by atoms with Crippen LogP contribution in [0.2, 0.25) is 0 Å². The van der Waals surface area contributed by atoms with Gasteiger partial charge in [0.05, 0.1) is 0 Å². The summed E-state index contributed by atoms with van der Waals surface area (Å²) in [5.41, 5.74) is 6.60. The molecule has 100 valence electrons. The first kappa shape index (κ1) is 15.2. The summed E-state index contributed by atoms with van der Waals surface area (Å²) in [4.78, 5) is 11.8. The van der Waals surface area contributed by atoms with Gasteiger partial charge in [0.1, 0.15) is 5.78 Å². The van der Waals surface area contributed by atoms with Gasteiger partial charge in [0.15, 0.2) is 0 Å². The van der Waals surface area contributed by atoms with Crippen LogP contribution in [-0.2, 0) is 32.9 Å². The normalized spacial score (nSPS) is 13.1. The Morgan fingerprint density at radius 2 is 1.80 bits per heavy atom. The van der Waals surface area contributed by atoms with Gasteiger partial charge in [-0.3, -0.25) is 4.79 Å². The van der Waals surface area contributed by atoms with Crippen LogP contribution in [0, 0.1) is 0 Å². The Kier molecular flexibility index (Phi) is 4.62. The maximum absolute atomic E-state index is 11.8. The molecule has 0 spiro atoms. The second-order valence-electron chi connectivity index (χ2n) is 5.28. The van der Waals surface area contributed by atoms with Crippen LogP contribution < -0.4 is 0 Å². The standard InChI is InChI=1S/C18H18O.Ti/c1-3-14(12(2)19)16-9-6-10-17-15-8-5-4-7-13(15)11-18(16)17;/h4-10,14H,3,11H2,1-2H3;. The molecule has 0 saturated carbocycles. The third-order valence-corrected chi connectivity index (χ3v) is 4.16. The minimum absolute atomic E-state index is 0. The molecule has 1 unspecified atom stereocenters. The molecule has 1 aliphatic carbocycles. The van der Waals surface area contributed by atoms with E-state index in [1.165, 1.54) is 27.8 Å². The van der Waals surface area contributed by atoms with Crippen molar-refractivity contribution in [3.05, 3.63) is 59.2 Å². The molecule has 0 fully saturated rings. The van der Waals surface area contributed by atoms with E-state index in [2.05, 4.69) is 49.4 Å². The first-order valence-electron chi connectivity index (χ1n) is 6.93. The summed E-state index contributed by atoms with van der Waals surface area (Å²) in [6.45, 7) is 3.79. The van der Waals surface area contributed by atoms with Crippen LogP contribution in [0.3, 0.4) is 0 Å². The Bertz CT molecular complexity index is 646. The summed E-state index contributed by atoms with van der Waals surface area (Å²) < 4.78 is 0. The fraction of sp³-hybridized carbons (Fsp3) is 0.278. The third kappa shape index (κ3) is 2.41. The van der Waals surface area contributed by atoms with Crippen molar-refractivity contribution in [2.24, 2.45) is 0 Å². The average Bonchev–Trinajstić information content (AvgIpc) is 2.79. The van der Waals surface area contributed by atoms with Gasteiger partial charge in [0, 0.05) is 27.6 Å². The molecule has 0 amide bonds. The van der Waals surface area contributed by atoms with Crippen molar-refractivity contribution in [3.63, 3.8) is 0 Å². The maximum Gasteiger partial charge on any atom is 0.137 e. The van der Waals surface area contributed by atoms with E-state index in [0.717, 1.165) is 12.8 Å². The largest absolute Gasteiger partial charge is 0.299 e. The Morgan fingerprint density at radius 3 is 2.50 bits per heavy atom. The molecular formula is C18H18OTi. The number of hydrogen-bond acceptors (Lipinski definition) is 1. The summed E-state index contributed by atoms with van der Waals surface area (Å²) in [6, 6.07) is 14.9. The molecule has 0 aromatic heterocycles. The molecule has 0 saturated heterocycles. The summed E-state index contributed by atoms with van der Waals surface area (Å²) >= 11 is 0. The van der Waals surface area contributed by atoms with Crippen molar-refractivity contribution in [2.45, 2.75) is 32.6 Å². The summed E-state index contributed by atoms with van der Waals surface area (Å²) in [5, 5.41) is 0. The second kappa shape index (κ2) is 6.07. The fourth-order valence-corrected chi connectivity index (χ4v) is 3.23. The van der Waals surface area contributed by atoms with Crippen LogP contribution in [-0.4, -0.2) is 5.78 Å². The van der Waals surface area contributed by atoms with Crippen molar-refractivity contribution in [1.82, 2.24) is 0 Å². The van der Waals surface area contributed by atoms with Gasteiger partial charge in [0.25, 0.3) is 0 Å². The van der Waals surface area contributed by atoms with E-state index < -0.39 is 0 Å². The number of rotatable bonds is 3. The van der Waals surface area contributed by atoms with Gasteiger partial charge in [-0.15, -0.1) is 0 Å². The zero-order valence-corrected chi connectivity index (χ0v) is 13.5. The molecule has 0 bridgehead atoms. The van der Waals surface area contributed by atoms with Crippen LogP contribution >= 0.6 is 0 Å². The molecule has 20 heavy (non-hydrogen) atoms.